The SMILES string of the molecule is CC1=CCN(C(=O)[C@H](Cc2cccc(C(=N)N)c2)NS(=O)(=O)c2ccc3c(c2)CCN(CCCN(C)C)CC3)[C@@H](C(=O)O)C1. The average Bonchev–Trinajstić information content (AvgIpc) is 3.18. The van der Waals surface area contributed by atoms with Gasteiger partial charge < -0.3 is 25.5 Å². The number of aliphatic carboxylic acids is 1. The van der Waals surface area contributed by atoms with Crippen LogP contribution < -0.4 is 10.5 Å². The molecule has 0 saturated heterocycles. The summed E-state index contributed by atoms with van der Waals surface area (Å²) >= 11 is 0. The molecule has 2 aromatic carbocycles. The van der Waals surface area contributed by atoms with Crippen LogP contribution >= 0.6 is 0 Å². The largest absolute Gasteiger partial charge is 0.480 e. The third kappa shape index (κ3) is 8.53. The minimum atomic E-state index is -4.17. The van der Waals surface area contributed by atoms with Crippen LogP contribution in [-0.2, 0) is 38.9 Å². The minimum Gasteiger partial charge on any atom is -0.480 e. The summed E-state index contributed by atoms with van der Waals surface area (Å²) in [4.78, 5) is 31.9. The highest BCUT2D eigenvalue weighted by atomic mass is 32.2. The number of carbonyl (C=O) groups is 2. The van der Waals surface area contributed by atoms with Gasteiger partial charge in [0.05, 0.1) is 4.90 Å². The van der Waals surface area contributed by atoms with Gasteiger partial charge in [0.2, 0.25) is 15.9 Å². The topological polar surface area (TPSA) is 160 Å². The number of hydrogen-bond acceptors (Lipinski definition) is 7. The van der Waals surface area contributed by atoms with Crippen molar-refractivity contribution in [3.8, 4) is 0 Å². The number of carboxylic acid groups (broad SMARTS) is 1. The number of nitrogen functional groups attached to an aromatic ring is 1. The predicted molar refractivity (Wildman–Crippen MR) is 170 cm³/mol. The van der Waals surface area contributed by atoms with Gasteiger partial charge in [0.1, 0.15) is 17.9 Å². The molecule has 2 heterocycles. The maximum Gasteiger partial charge on any atom is 0.326 e. The lowest BCUT2D eigenvalue weighted by Crippen LogP contribution is -2.55. The Morgan fingerprint density at radius 3 is 2.55 bits per heavy atom. The van der Waals surface area contributed by atoms with E-state index in [1.54, 1.807) is 42.5 Å². The predicted octanol–water partition coefficient (Wildman–Crippen LogP) is 1.84. The van der Waals surface area contributed by atoms with E-state index < -0.39 is 34.0 Å². The van der Waals surface area contributed by atoms with Crippen LogP contribution in [0.5, 0.6) is 0 Å². The Balaban J connectivity index is 1.59. The van der Waals surface area contributed by atoms with E-state index in [2.05, 4.69) is 28.6 Å². The monoisotopic (exact) mass is 624 g/mol. The fourth-order valence-electron chi connectivity index (χ4n) is 5.83. The van der Waals surface area contributed by atoms with Crippen molar-refractivity contribution in [2.75, 3.05) is 46.8 Å². The van der Waals surface area contributed by atoms with Gasteiger partial charge in [-0.1, -0.05) is 35.9 Å². The first kappa shape index (κ1) is 33.3. The van der Waals surface area contributed by atoms with E-state index in [0.29, 0.717) is 11.1 Å². The van der Waals surface area contributed by atoms with E-state index in [4.69, 9.17) is 11.1 Å². The molecule has 44 heavy (non-hydrogen) atoms. The Bertz CT molecular complexity index is 1520. The first-order chi connectivity index (χ1) is 20.8. The second-order valence-electron chi connectivity index (χ2n) is 12.0. The van der Waals surface area contributed by atoms with E-state index in [-0.39, 0.29) is 30.1 Å². The number of nitrogens with one attached hydrogen (secondary N) is 2. The molecule has 0 aliphatic carbocycles. The van der Waals surface area contributed by atoms with Gasteiger partial charge in [0, 0.05) is 25.2 Å². The maximum absolute atomic E-state index is 13.9. The van der Waals surface area contributed by atoms with Crippen LogP contribution in [0.4, 0.5) is 0 Å². The summed E-state index contributed by atoms with van der Waals surface area (Å²) in [5.41, 5.74) is 9.64. The summed E-state index contributed by atoms with van der Waals surface area (Å²) in [5, 5.41) is 17.7. The highest BCUT2D eigenvalue weighted by Gasteiger charge is 2.37. The van der Waals surface area contributed by atoms with Gasteiger partial charge in [-0.25, -0.2) is 13.2 Å². The molecule has 0 spiro atoms. The molecular formula is C32H44N6O5S. The van der Waals surface area contributed by atoms with E-state index in [9.17, 15) is 23.1 Å². The van der Waals surface area contributed by atoms with Gasteiger partial charge in [0.25, 0.3) is 0 Å². The van der Waals surface area contributed by atoms with Crippen LogP contribution in [0.25, 0.3) is 0 Å². The van der Waals surface area contributed by atoms with Crippen molar-refractivity contribution < 1.29 is 23.1 Å². The number of carbonyl (C=O) groups excluding carboxylic acids is 1. The third-order valence-electron chi connectivity index (χ3n) is 8.33. The lowest BCUT2D eigenvalue weighted by Gasteiger charge is -2.34. The smallest absolute Gasteiger partial charge is 0.326 e. The van der Waals surface area contributed by atoms with Crippen LogP contribution in [-0.4, -0.2) is 105 Å². The van der Waals surface area contributed by atoms with E-state index >= 15 is 0 Å². The van der Waals surface area contributed by atoms with Gasteiger partial charge in [0.15, 0.2) is 0 Å². The number of hydrogen-bond donors (Lipinski definition) is 4. The molecule has 2 aliphatic heterocycles. The second kappa shape index (κ2) is 14.5. The molecular weight excluding hydrogens is 580 g/mol. The van der Waals surface area contributed by atoms with Crippen molar-refractivity contribution >= 4 is 27.7 Å². The molecule has 12 heteroatoms. The third-order valence-corrected chi connectivity index (χ3v) is 9.80. The number of amidine groups is 1. The number of rotatable bonds is 12. The summed E-state index contributed by atoms with van der Waals surface area (Å²) in [6.07, 6.45) is 4.52. The number of carboxylic acids is 1. The highest BCUT2D eigenvalue weighted by Crippen LogP contribution is 2.24. The van der Waals surface area contributed by atoms with Crippen molar-refractivity contribution in [1.82, 2.24) is 19.4 Å². The molecule has 0 unspecified atom stereocenters. The number of fused-ring (bicyclic) bond motifs is 1. The quantitative estimate of drug-likeness (QED) is 0.158. The zero-order valence-corrected chi connectivity index (χ0v) is 26.6. The number of sulfonamides is 1. The summed E-state index contributed by atoms with van der Waals surface area (Å²) in [5.74, 6) is -1.92. The summed E-state index contributed by atoms with van der Waals surface area (Å²) in [6.45, 7) is 5.62. The lowest BCUT2D eigenvalue weighted by atomic mass is 9.98. The Hall–Kier alpha value is -3.58. The molecule has 2 aromatic rings. The minimum absolute atomic E-state index is 0.0441. The lowest BCUT2D eigenvalue weighted by molar-refractivity contribution is -0.150. The zero-order valence-electron chi connectivity index (χ0n) is 25.8. The normalized spacial score (nSPS) is 18.3. The fraction of sp³-hybridized carbons (Fsp3) is 0.469. The molecule has 0 bridgehead atoms. The zero-order chi connectivity index (χ0) is 32.0. The van der Waals surface area contributed by atoms with E-state index in [1.807, 2.05) is 13.0 Å². The molecule has 11 nitrogen and oxygen atoms in total. The van der Waals surface area contributed by atoms with Crippen LogP contribution in [0.15, 0.2) is 59.0 Å². The molecule has 5 N–H and O–H groups in total. The van der Waals surface area contributed by atoms with Gasteiger partial charge in [-0.05, 0) is 101 Å². The second-order valence-corrected chi connectivity index (χ2v) is 13.7. The number of nitrogens with two attached hydrogens (primary N) is 1. The van der Waals surface area contributed by atoms with Gasteiger partial charge in [-0.3, -0.25) is 10.2 Å². The number of benzene rings is 2. The molecule has 0 saturated carbocycles. The van der Waals surface area contributed by atoms with Crippen LogP contribution in [0.3, 0.4) is 0 Å². The molecule has 0 fully saturated rings. The highest BCUT2D eigenvalue weighted by molar-refractivity contribution is 7.89. The molecule has 0 radical (unpaired) electrons. The van der Waals surface area contributed by atoms with Crippen LogP contribution in [0.2, 0.25) is 0 Å². The molecule has 2 aliphatic rings. The summed E-state index contributed by atoms with van der Waals surface area (Å²) in [7, 11) is -0.0470. The average molecular weight is 625 g/mol. The Labute approximate surface area is 260 Å². The molecule has 2 atom stereocenters. The van der Waals surface area contributed by atoms with Gasteiger partial charge in [-0.15, -0.1) is 0 Å². The Kier molecular flexibility index (Phi) is 11.0. The van der Waals surface area contributed by atoms with Crippen LogP contribution in [0, 0.1) is 5.41 Å². The van der Waals surface area contributed by atoms with Crippen molar-refractivity contribution in [2.24, 2.45) is 5.73 Å². The van der Waals surface area contributed by atoms with Gasteiger partial charge in [-0.2, -0.15) is 4.72 Å². The summed E-state index contributed by atoms with van der Waals surface area (Å²) in [6, 6.07) is 9.47. The molecule has 238 valence electrons. The molecule has 0 aromatic heterocycles. The van der Waals surface area contributed by atoms with Crippen LogP contribution in [0.1, 0.15) is 42.0 Å². The van der Waals surface area contributed by atoms with E-state index in [1.165, 1.54) is 4.90 Å². The first-order valence-electron chi connectivity index (χ1n) is 15.0. The number of nitrogens with zero attached hydrogens (tertiary/aromatic N) is 3. The van der Waals surface area contributed by atoms with Crippen molar-refractivity contribution in [3.05, 3.63) is 76.4 Å². The Morgan fingerprint density at radius 2 is 1.86 bits per heavy atom. The maximum atomic E-state index is 13.9. The summed E-state index contributed by atoms with van der Waals surface area (Å²) < 4.78 is 30.3. The molecule has 4 rings (SSSR count). The van der Waals surface area contributed by atoms with Crippen molar-refractivity contribution in [2.45, 2.75) is 56.0 Å². The first-order valence-corrected chi connectivity index (χ1v) is 16.5. The van der Waals surface area contributed by atoms with Crippen molar-refractivity contribution in [1.29, 1.82) is 5.41 Å². The Morgan fingerprint density at radius 1 is 1.14 bits per heavy atom. The van der Waals surface area contributed by atoms with E-state index in [0.717, 1.165) is 62.1 Å². The van der Waals surface area contributed by atoms with Crippen molar-refractivity contribution in [3.63, 3.8) is 0 Å². The fourth-order valence-corrected chi connectivity index (χ4v) is 7.07. The number of amides is 1. The molecule has 1 amide bonds. The van der Waals surface area contributed by atoms with Gasteiger partial charge >= 0.3 is 5.97 Å². The standard InChI is InChI=1S/C32H44N6O5S/c1-22-10-17-38(29(18-22)32(40)41)31(39)28(20-23-6-4-7-26(19-23)30(33)34)35-44(42,43)27-9-8-24-11-15-37(14-5-13-36(2)3)16-12-25(24)21-27/h4,6-10,19,21,28-29,35H,5,11-18,20H2,1-3H3,(H3,33,34)(H,40,41)/t28-,29+/m0/s1.